The molecule has 110 valence electrons. The molecule has 1 aliphatic rings. The highest BCUT2D eigenvalue weighted by molar-refractivity contribution is 7.99. The van der Waals surface area contributed by atoms with Gasteiger partial charge in [-0.3, -0.25) is 4.79 Å². The lowest BCUT2D eigenvalue weighted by Gasteiger charge is -2.23. The number of carbonyl (C=O) groups is 1. The van der Waals surface area contributed by atoms with Crippen LogP contribution in [0.2, 0.25) is 0 Å². The Kier molecular flexibility index (Phi) is 5.73. The van der Waals surface area contributed by atoms with Crippen molar-refractivity contribution in [2.75, 3.05) is 25.2 Å². The molecule has 0 radical (unpaired) electrons. The first kappa shape index (κ1) is 15.2. The smallest absolute Gasteiger partial charge is 0.222 e. The Labute approximate surface area is 124 Å². The predicted octanol–water partition coefficient (Wildman–Crippen LogP) is 1.97. The van der Waals surface area contributed by atoms with Crippen molar-refractivity contribution in [3.8, 4) is 5.75 Å². The van der Waals surface area contributed by atoms with Crippen LogP contribution in [0.25, 0.3) is 0 Å². The molecule has 1 saturated heterocycles. The van der Waals surface area contributed by atoms with Crippen molar-refractivity contribution in [1.29, 1.82) is 0 Å². The van der Waals surface area contributed by atoms with Crippen molar-refractivity contribution < 1.29 is 9.53 Å². The zero-order chi connectivity index (χ0) is 14.4. The average molecular weight is 294 g/mol. The molecular weight excluding hydrogens is 272 g/mol. The highest BCUT2D eigenvalue weighted by atomic mass is 32.2. The molecule has 4 nitrogen and oxygen atoms in total. The Morgan fingerprint density at radius 2 is 2.45 bits per heavy atom. The van der Waals surface area contributed by atoms with Gasteiger partial charge in [0.25, 0.3) is 0 Å². The van der Waals surface area contributed by atoms with E-state index in [-0.39, 0.29) is 11.9 Å². The molecule has 2 N–H and O–H groups in total. The summed E-state index contributed by atoms with van der Waals surface area (Å²) in [5.41, 5.74) is 1.06. The second kappa shape index (κ2) is 7.55. The summed E-state index contributed by atoms with van der Waals surface area (Å²) in [5.74, 6) is 3.06. The molecule has 1 heterocycles. The van der Waals surface area contributed by atoms with E-state index in [0.29, 0.717) is 12.5 Å². The van der Waals surface area contributed by atoms with Crippen LogP contribution >= 0.6 is 11.8 Å². The van der Waals surface area contributed by atoms with Crippen LogP contribution in [0.3, 0.4) is 0 Å². The van der Waals surface area contributed by atoms with E-state index < -0.39 is 0 Å². The Balaban J connectivity index is 1.86. The van der Waals surface area contributed by atoms with Gasteiger partial charge in [0.1, 0.15) is 5.75 Å². The van der Waals surface area contributed by atoms with Crippen molar-refractivity contribution in [3.63, 3.8) is 0 Å². The third-order valence-electron chi connectivity index (χ3n) is 3.40. The third kappa shape index (κ3) is 4.42. The molecule has 1 aliphatic heterocycles. The Morgan fingerprint density at radius 3 is 3.15 bits per heavy atom. The van der Waals surface area contributed by atoms with Crippen LogP contribution in [0.1, 0.15) is 24.9 Å². The summed E-state index contributed by atoms with van der Waals surface area (Å²) < 4.78 is 5.21. The van der Waals surface area contributed by atoms with Crippen molar-refractivity contribution in [1.82, 2.24) is 10.6 Å². The number of methoxy groups -OCH3 is 1. The predicted molar refractivity (Wildman–Crippen MR) is 83.3 cm³/mol. The van der Waals surface area contributed by atoms with Gasteiger partial charge < -0.3 is 15.4 Å². The molecule has 0 bridgehead atoms. The average Bonchev–Trinajstić information content (AvgIpc) is 2.48. The van der Waals surface area contributed by atoms with E-state index in [4.69, 9.17) is 4.74 Å². The number of thioether (sulfide) groups is 1. The first-order chi connectivity index (χ1) is 9.69. The van der Waals surface area contributed by atoms with Gasteiger partial charge in [-0.25, -0.2) is 0 Å². The third-order valence-corrected chi connectivity index (χ3v) is 4.53. The Morgan fingerprint density at radius 1 is 1.60 bits per heavy atom. The maximum absolute atomic E-state index is 12.1. The monoisotopic (exact) mass is 294 g/mol. The molecule has 1 aromatic rings. The number of hydrogen-bond acceptors (Lipinski definition) is 4. The zero-order valence-corrected chi connectivity index (χ0v) is 12.8. The summed E-state index contributed by atoms with van der Waals surface area (Å²) in [6.07, 6.45) is 0.543. The number of rotatable bonds is 5. The number of hydrogen-bond donors (Lipinski definition) is 2. The summed E-state index contributed by atoms with van der Waals surface area (Å²) in [6, 6.07) is 8.10. The fourth-order valence-corrected chi connectivity index (χ4v) is 3.22. The van der Waals surface area contributed by atoms with Gasteiger partial charge in [-0.2, -0.15) is 11.8 Å². The van der Waals surface area contributed by atoms with E-state index in [2.05, 4.69) is 10.6 Å². The SMILES string of the molecule is COc1cccc([C@H](C)NC(=O)CC2CSCCN2)c1. The summed E-state index contributed by atoms with van der Waals surface area (Å²) in [4.78, 5) is 12.1. The van der Waals surface area contributed by atoms with E-state index in [0.717, 1.165) is 29.4 Å². The Hall–Kier alpha value is -1.20. The molecule has 0 spiro atoms. The van der Waals surface area contributed by atoms with E-state index in [1.807, 2.05) is 43.0 Å². The van der Waals surface area contributed by atoms with E-state index in [1.165, 1.54) is 0 Å². The summed E-state index contributed by atoms with van der Waals surface area (Å²) in [6.45, 7) is 2.99. The molecular formula is C15H22N2O2S. The van der Waals surface area contributed by atoms with Gasteiger partial charge in [0.15, 0.2) is 0 Å². The highest BCUT2D eigenvalue weighted by Crippen LogP contribution is 2.19. The van der Waals surface area contributed by atoms with E-state index in [9.17, 15) is 4.79 Å². The minimum Gasteiger partial charge on any atom is -0.497 e. The zero-order valence-electron chi connectivity index (χ0n) is 12.0. The molecule has 1 fully saturated rings. The molecule has 1 amide bonds. The first-order valence-electron chi connectivity index (χ1n) is 6.93. The van der Waals surface area contributed by atoms with Crippen LogP contribution < -0.4 is 15.4 Å². The maximum atomic E-state index is 12.1. The lowest BCUT2D eigenvalue weighted by molar-refractivity contribution is -0.122. The van der Waals surface area contributed by atoms with Gasteiger partial charge in [0.2, 0.25) is 5.91 Å². The lowest BCUT2D eigenvalue weighted by Crippen LogP contribution is -2.41. The van der Waals surface area contributed by atoms with Crippen LogP contribution in [0.5, 0.6) is 5.75 Å². The molecule has 0 aliphatic carbocycles. The van der Waals surface area contributed by atoms with Gasteiger partial charge in [0, 0.05) is 30.5 Å². The largest absolute Gasteiger partial charge is 0.497 e. The fourth-order valence-electron chi connectivity index (χ4n) is 2.27. The fraction of sp³-hybridized carbons (Fsp3) is 0.533. The standard InChI is InChI=1S/C15H22N2O2S/c1-11(12-4-3-5-14(8-12)19-2)17-15(18)9-13-10-20-7-6-16-13/h3-5,8,11,13,16H,6-7,9-10H2,1-2H3,(H,17,18)/t11-,13?/m0/s1. The Bertz CT molecular complexity index is 447. The topological polar surface area (TPSA) is 50.4 Å². The van der Waals surface area contributed by atoms with Gasteiger partial charge in [-0.15, -0.1) is 0 Å². The van der Waals surface area contributed by atoms with Gasteiger partial charge in [0.05, 0.1) is 13.2 Å². The molecule has 1 aromatic carbocycles. The van der Waals surface area contributed by atoms with Gasteiger partial charge in [-0.05, 0) is 24.6 Å². The molecule has 1 unspecified atom stereocenters. The molecule has 20 heavy (non-hydrogen) atoms. The lowest BCUT2D eigenvalue weighted by atomic mass is 10.1. The summed E-state index contributed by atoms with van der Waals surface area (Å²) in [7, 11) is 1.65. The van der Waals surface area contributed by atoms with Crippen molar-refractivity contribution in [3.05, 3.63) is 29.8 Å². The minimum atomic E-state index is -0.00570. The first-order valence-corrected chi connectivity index (χ1v) is 8.09. The second-order valence-electron chi connectivity index (χ2n) is 5.00. The van der Waals surface area contributed by atoms with Gasteiger partial charge >= 0.3 is 0 Å². The number of benzene rings is 1. The van der Waals surface area contributed by atoms with Crippen LogP contribution in [0.4, 0.5) is 0 Å². The number of carbonyl (C=O) groups excluding carboxylic acids is 1. The normalized spacial score (nSPS) is 20.2. The maximum Gasteiger partial charge on any atom is 0.222 e. The van der Waals surface area contributed by atoms with Crippen molar-refractivity contribution in [2.24, 2.45) is 0 Å². The van der Waals surface area contributed by atoms with Crippen molar-refractivity contribution >= 4 is 17.7 Å². The van der Waals surface area contributed by atoms with Crippen LogP contribution in [-0.2, 0) is 4.79 Å². The minimum absolute atomic E-state index is 0.00570. The quantitative estimate of drug-likeness (QED) is 0.872. The van der Waals surface area contributed by atoms with E-state index in [1.54, 1.807) is 7.11 Å². The molecule has 2 atom stereocenters. The molecule has 5 heteroatoms. The van der Waals surface area contributed by atoms with Crippen LogP contribution in [0, 0.1) is 0 Å². The summed E-state index contributed by atoms with van der Waals surface area (Å²) >= 11 is 1.91. The summed E-state index contributed by atoms with van der Waals surface area (Å²) in [5, 5.41) is 6.43. The van der Waals surface area contributed by atoms with Crippen LogP contribution in [-0.4, -0.2) is 37.1 Å². The van der Waals surface area contributed by atoms with Crippen LogP contribution in [0.15, 0.2) is 24.3 Å². The van der Waals surface area contributed by atoms with E-state index >= 15 is 0 Å². The molecule has 2 rings (SSSR count). The number of amides is 1. The molecule has 0 saturated carbocycles. The van der Waals surface area contributed by atoms with Crippen molar-refractivity contribution in [2.45, 2.75) is 25.4 Å². The molecule has 0 aromatic heterocycles. The highest BCUT2D eigenvalue weighted by Gasteiger charge is 2.18. The number of ether oxygens (including phenoxy) is 1. The van der Waals surface area contributed by atoms with Gasteiger partial charge in [-0.1, -0.05) is 12.1 Å². The number of nitrogens with one attached hydrogen (secondary N) is 2. The second-order valence-corrected chi connectivity index (χ2v) is 6.15.